The van der Waals surface area contributed by atoms with Gasteiger partial charge in [-0.2, -0.15) is 5.26 Å². The topological polar surface area (TPSA) is 23.8 Å². The van der Waals surface area contributed by atoms with E-state index in [0.717, 1.165) is 11.1 Å². The summed E-state index contributed by atoms with van der Waals surface area (Å²) < 4.78 is 0. The minimum atomic E-state index is -1.35. The fourth-order valence-electron chi connectivity index (χ4n) is 1.31. The molecule has 1 nitrogen and oxygen atoms in total. The van der Waals surface area contributed by atoms with Crippen molar-refractivity contribution in [2.24, 2.45) is 0 Å². The van der Waals surface area contributed by atoms with Gasteiger partial charge in [0.15, 0.2) is 0 Å². The zero-order valence-corrected chi connectivity index (χ0v) is 11.3. The standard InChI is InChI=1S/C14H17NSi/c1-12(11-15)14-8-6-5-7-13(14)9-10-16(2,3)4/h5-8,12H,1-4H3. The van der Waals surface area contributed by atoms with Crippen molar-refractivity contribution in [2.75, 3.05) is 0 Å². The number of nitriles is 1. The largest absolute Gasteiger partial charge is 0.198 e. The first-order valence-electron chi connectivity index (χ1n) is 5.46. The molecular formula is C14H17NSi. The third-order valence-corrected chi connectivity index (χ3v) is 3.07. The predicted molar refractivity (Wildman–Crippen MR) is 70.7 cm³/mol. The molecule has 0 bridgehead atoms. The molecule has 82 valence electrons. The highest BCUT2D eigenvalue weighted by Gasteiger charge is 2.10. The van der Waals surface area contributed by atoms with E-state index in [1.54, 1.807) is 0 Å². The van der Waals surface area contributed by atoms with Crippen LogP contribution in [-0.2, 0) is 0 Å². The maximum Gasteiger partial charge on any atom is 0.129 e. The van der Waals surface area contributed by atoms with E-state index in [9.17, 15) is 0 Å². The molecule has 1 aromatic carbocycles. The minimum absolute atomic E-state index is 0.0906. The Morgan fingerprint density at radius 2 is 1.81 bits per heavy atom. The van der Waals surface area contributed by atoms with Crippen LogP contribution in [0.1, 0.15) is 24.0 Å². The van der Waals surface area contributed by atoms with E-state index in [1.165, 1.54) is 0 Å². The van der Waals surface area contributed by atoms with Crippen molar-refractivity contribution in [1.29, 1.82) is 5.26 Å². The van der Waals surface area contributed by atoms with Crippen LogP contribution < -0.4 is 0 Å². The molecule has 0 N–H and O–H groups in total. The Bertz CT molecular complexity index is 466. The van der Waals surface area contributed by atoms with Crippen LogP contribution >= 0.6 is 0 Å². The zero-order valence-electron chi connectivity index (χ0n) is 10.3. The molecule has 0 radical (unpaired) electrons. The molecule has 1 rings (SSSR count). The molecule has 0 aromatic heterocycles. The Labute approximate surface area is 99.1 Å². The van der Waals surface area contributed by atoms with Crippen molar-refractivity contribution in [3.8, 4) is 17.5 Å². The zero-order chi connectivity index (χ0) is 12.2. The molecule has 0 amide bonds. The molecule has 0 saturated carbocycles. The molecule has 0 heterocycles. The van der Waals surface area contributed by atoms with Gasteiger partial charge in [-0.15, -0.1) is 5.54 Å². The lowest BCUT2D eigenvalue weighted by Gasteiger charge is -2.07. The number of nitrogens with zero attached hydrogens (tertiary/aromatic N) is 1. The van der Waals surface area contributed by atoms with Gasteiger partial charge < -0.3 is 0 Å². The van der Waals surface area contributed by atoms with Crippen molar-refractivity contribution in [2.45, 2.75) is 32.5 Å². The van der Waals surface area contributed by atoms with E-state index < -0.39 is 8.07 Å². The molecule has 1 aromatic rings. The quantitative estimate of drug-likeness (QED) is 0.532. The van der Waals surface area contributed by atoms with E-state index in [1.807, 2.05) is 31.2 Å². The lowest BCUT2D eigenvalue weighted by molar-refractivity contribution is 0.977. The monoisotopic (exact) mass is 227 g/mol. The summed E-state index contributed by atoms with van der Waals surface area (Å²) in [6.45, 7) is 8.57. The second-order valence-electron chi connectivity index (χ2n) is 4.94. The molecule has 1 atom stereocenters. The third-order valence-electron chi connectivity index (χ3n) is 2.19. The summed E-state index contributed by atoms with van der Waals surface area (Å²) in [5.41, 5.74) is 5.37. The first-order chi connectivity index (χ1) is 7.44. The second-order valence-corrected chi connectivity index (χ2v) is 9.69. The van der Waals surface area contributed by atoms with Crippen LogP contribution in [0.4, 0.5) is 0 Å². The van der Waals surface area contributed by atoms with Gasteiger partial charge in [0.05, 0.1) is 12.0 Å². The Hall–Kier alpha value is -1.51. The average molecular weight is 227 g/mol. The molecule has 0 saturated heterocycles. The highest BCUT2D eigenvalue weighted by Crippen LogP contribution is 2.18. The van der Waals surface area contributed by atoms with Crippen molar-refractivity contribution in [3.05, 3.63) is 35.4 Å². The van der Waals surface area contributed by atoms with E-state index in [4.69, 9.17) is 5.26 Å². The predicted octanol–water partition coefficient (Wildman–Crippen LogP) is 3.54. The van der Waals surface area contributed by atoms with Crippen LogP contribution in [0.15, 0.2) is 24.3 Å². The fourth-order valence-corrected chi connectivity index (χ4v) is 1.82. The second kappa shape index (κ2) is 5.01. The molecule has 0 aliphatic carbocycles. The van der Waals surface area contributed by atoms with Crippen LogP contribution in [-0.4, -0.2) is 8.07 Å². The van der Waals surface area contributed by atoms with Gasteiger partial charge in [0, 0.05) is 5.56 Å². The first-order valence-corrected chi connectivity index (χ1v) is 8.96. The highest BCUT2D eigenvalue weighted by atomic mass is 28.3. The van der Waals surface area contributed by atoms with E-state index in [2.05, 4.69) is 37.2 Å². The first kappa shape index (κ1) is 12.6. The van der Waals surface area contributed by atoms with Crippen LogP contribution in [0.2, 0.25) is 19.6 Å². The molecule has 1 unspecified atom stereocenters. The molecular weight excluding hydrogens is 210 g/mol. The van der Waals surface area contributed by atoms with Crippen LogP contribution in [0.3, 0.4) is 0 Å². The summed E-state index contributed by atoms with van der Waals surface area (Å²) in [6.07, 6.45) is 0. The summed E-state index contributed by atoms with van der Waals surface area (Å²) in [6, 6.07) is 10.2. The summed E-state index contributed by atoms with van der Waals surface area (Å²) in [4.78, 5) is 0. The van der Waals surface area contributed by atoms with Gasteiger partial charge in [-0.05, 0) is 18.6 Å². The molecule has 0 spiro atoms. The van der Waals surface area contributed by atoms with Gasteiger partial charge in [-0.25, -0.2) is 0 Å². The van der Waals surface area contributed by atoms with E-state index in [-0.39, 0.29) is 5.92 Å². The normalized spacial score (nSPS) is 12.2. The number of benzene rings is 1. The van der Waals surface area contributed by atoms with E-state index in [0.29, 0.717) is 0 Å². The van der Waals surface area contributed by atoms with Gasteiger partial charge in [0.25, 0.3) is 0 Å². The Morgan fingerprint density at radius 3 is 2.38 bits per heavy atom. The van der Waals surface area contributed by atoms with Crippen molar-refractivity contribution in [1.82, 2.24) is 0 Å². The summed E-state index contributed by atoms with van der Waals surface area (Å²) >= 11 is 0. The van der Waals surface area contributed by atoms with Crippen LogP contribution in [0.25, 0.3) is 0 Å². The average Bonchev–Trinajstić information content (AvgIpc) is 2.25. The molecule has 0 fully saturated rings. The van der Waals surface area contributed by atoms with Gasteiger partial charge in [-0.3, -0.25) is 0 Å². The number of rotatable bonds is 1. The number of hydrogen-bond donors (Lipinski definition) is 0. The van der Waals surface area contributed by atoms with Crippen molar-refractivity contribution in [3.63, 3.8) is 0 Å². The molecule has 2 heteroatoms. The minimum Gasteiger partial charge on any atom is -0.198 e. The highest BCUT2D eigenvalue weighted by molar-refractivity contribution is 6.83. The Morgan fingerprint density at radius 1 is 1.19 bits per heavy atom. The smallest absolute Gasteiger partial charge is 0.129 e. The van der Waals surface area contributed by atoms with Gasteiger partial charge in [-0.1, -0.05) is 43.8 Å². The maximum absolute atomic E-state index is 8.95. The van der Waals surface area contributed by atoms with Crippen LogP contribution in [0, 0.1) is 22.8 Å². The van der Waals surface area contributed by atoms with E-state index >= 15 is 0 Å². The van der Waals surface area contributed by atoms with Crippen molar-refractivity contribution < 1.29 is 0 Å². The third kappa shape index (κ3) is 3.57. The Kier molecular flexibility index (Phi) is 3.93. The summed E-state index contributed by atoms with van der Waals surface area (Å²) in [5, 5.41) is 8.95. The molecule has 16 heavy (non-hydrogen) atoms. The fraction of sp³-hybridized carbons (Fsp3) is 0.357. The number of hydrogen-bond acceptors (Lipinski definition) is 1. The van der Waals surface area contributed by atoms with Gasteiger partial charge in [0.1, 0.15) is 8.07 Å². The van der Waals surface area contributed by atoms with Gasteiger partial charge in [0.2, 0.25) is 0 Å². The lowest BCUT2D eigenvalue weighted by Crippen LogP contribution is -2.16. The molecule has 0 aliphatic heterocycles. The molecule has 0 aliphatic rings. The summed E-state index contributed by atoms with van der Waals surface area (Å²) in [7, 11) is -1.35. The maximum atomic E-state index is 8.95. The Balaban J connectivity index is 3.14. The SMILES string of the molecule is CC(C#N)c1ccccc1C#C[Si](C)(C)C. The van der Waals surface area contributed by atoms with Gasteiger partial charge >= 0.3 is 0 Å². The lowest BCUT2D eigenvalue weighted by atomic mass is 9.97. The van der Waals surface area contributed by atoms with Crippen molar-refractivity contribution >= 4 is 8.07 Å². The summed E-state index contributed by atoms with van der Waals surface area (Å²) in [5.74, 6) is 3.14. The van der Waals surface area contributed by atoms with Crippen LogP contribution in [0.5, 0.6) is 0 Å².